The van der Waals surface area contributed by atoms with Gasteiger partial charge in [-0.1, -0.05) is 35.9 Å². The van der Waals surface area contributed by atoms with Crippen molar-refractivity contribution in [3.8, 4) is 11.3 Å². The topological polar surface area (TPSA) is 113 Å². The normalized spacial score (nSPS) is 14.3. The second-order valence-electron chi connectivity index (χ2n) is 11.1. The summed E-state index contributed by atoms with van der Waals surface area (Å²) in [6.45, 7) is 5.01. The molecule has 1 unspecified atom stereocenters. The summed E-state index contributed by atoms with van der Waals surface area (Å²) >= 11 is 0. The van der Waals surface area contributed by atoms with E-state index in [4.69, 9.17) is 4.42 Å². The minimum atomic E-state index is -1.28. The van der Waals surface area contributed by atoms with E-state index in [1.165, 1.54) is 12.1 Å². The highest BCUT2D eigenvalue weighted by Gasteiger charge is 2.27. The minimum absolute atomic E-state index is 0.0135. The van der Waals surface area contributed by atoms with Crippen LogP contribution < -0.4 is 10.2 Å². The molecule has 4 aromatic rings. The molecule has 2 aromatic carbocycles. The monoisotopic (exact) mass is 583 g/mol. The second-order valence-corrected chi connectivity index (χ2v) is 11.1. The average molecular weight is 584 g/mol. The minimum Gasteiger partial charge on any atom is -0.480 e. The van der Waals surface area contributed by atoms with E-state index in [9.17, 15) is 19.5 Å². The van der Waals surface area contributed by atoms with Crippen molar-refractivity contribution in [1.82, 2.24) is 10.3 Å². The summed E-state index contributed by atoms with van der Waals surface area (Å²) in [7, 11) is 0. The molecule has 0 spiro atoms. The van der Waals surface area contributed by atoms with Crippen LogP contribution in [-0.4, -0.2) is 46.9 Å². The number of nitrogens with one attached hydrogen (secondary N) is 1. The predicted octanol–water partition coefficient (Wildman–Crippen LogP) is 5.55. The number of aryl methyl sites for hydroxylation is 2. The Morgan fingerprint density at radius 1 is 1.00 bits per heavy atom. The fourth-order valence-electron chi connectivity index (χ4n) is 5.39. The van der Waals surface area contributed by atoms with Gasteiger partial charge in [0.15, 0.2) is 5.76 Å². The standard InChI is InChI=1S/C34H34FN3O5/c1-21-3-6-25(7-4-21)31-9-10-32(43-31)33(40)37-28(34(41)42)19-23-5-8-29(27(35)18-23)38-15-12-24(13-16-38)30(39)20-26-17-22(2)11-14-36-26/h3-11,14,17-18,24,28H,12-13,15-16,19-20H2,1-2H3,(H,37,40)(H,41,42). The van der Waals surface area contributed by atoms with Gasteiger partial charge in [-0.3, -0.25) is 14.6 Å². The van der Waals surface area contributed by atoms with Crippen molar-refractivity contribution in [2.45, 2.75) is 45.6 Å². The number of carbonyl (C=O) groups excluding carboxylic acids is 2. The lowest BCUT2D eigenvalue weighted by Gasteiger charge is -2.33. The molecule has 5 rings (SSSR count). The molecule has 1 amide bonds. The van der Waals surface area contributed by atoms with E-state index < -0.39 is 23.7 Å². The van der Waals surface area contributed by atoms with Gasteiger partial charge in [-0.25, -0.2) is 9.18 Å². The van der Waals surface area contributed by atoms with Crippen molar-refractivity contribution in [3.63, 3.8) is 0 Å². The lowest BCUT2D eigenvalue weighted by Crippen LogP contribution is -2.42. The third kappa shape index (κ3) is 7.35. The van der Waals surface area contributed by atoms with Gasteiger partial charge in [-0.2, -0.15) is 0 Å². The highest BCUT2D eigenvalue weighted by atomic mass is 19.1. The van der Waals surface area contributed by atoms with E-state index in [1.807, 2.05) is 55.1 Å². The molecule has 0 saturated carbocycles. The number of hydrogen-bond donors (Lipinski definition) is 2. The molecule has 1 fully saturated rings. The molecule has 1 aliphatic rings. The summed E-state index contributed by atoms with van der Waals surface area (Å²) in [6.07, 6.45) is 3.15. The lowest BCUT2D eigenvalue weighted by molar-refractivity contribution is -0.139. The van der Waals surface area contributed by atoms with E-state index >= 15 is 4.39 Å². The van der Waals surface area contributed by atoms with Gasteiger partial charge in [0.05, 0.1) is 5.69 Å². The molecule has 222 valence electrons. The van der Waals surface area contributed by atoms with Crippen LogP contribution in [0.15, 0.2) is 77.3 Å². The van der Waals surface area contributed by atoms with Crippen LogP contribution in [0.25, 0.3) is 11.3 Å². The van der Waals surface area contributed by atoms with E-state index in [2.05, 4.69) is 10.3 Å². The largest absolute Gasteiger partial charge is 0.480 e. The summed E-state index contributed by atoms with van der Waals surface area (Å²) < 4.78 is 20.9. The van der Waals surface area contributed by atoms with Gasteiger partial charge in [-0.15, -0.1) is 0 Å². The number of anilines is 1. The Bertz CT molecular complexity index is 1620. The molecule has 9 heteroatoms. The smallest absolute Gasteiger partial charge is 0.326 e. The van der Waals surface area contributed by atoms with E-state index in [0.717, 1.165) is 22.4 Å². The van der Waals surface area contributed by atoms with Gasteiger partial charge < -0.3 is 19.7 Å². The highest BCUT2D eigenvalue weighted by Crippen LogP contribution is 2.28. The van der Waals surface area contributed by atoms with Gasteiger partial charge >= 0.3 is 5.97 Å². The Morgan fingerprint density at radius 2 is 1.74 bits per heavy atom. The SMILES string of the molecule is Cc1ccc(-c2ccc(C(=O)NC(Cc3ccc(N4CCC(C(=O)Cc5cc(C)ccn5)CC4)c(F)c3)C(=O)O)o2)cc1. The number of Topliss-reactive ketones (excluding diaryl/α,β-unsaturated/α-hetero) is 1. The number of piperidine rings is 1. The first-order valence-electron chi connectivity index (χ1n) is 14.3. The first-order valence-corrected chi connectivity index (χ1v) is 14.3. The van der Waals surface area contributed by atoms with Crippen LogP contribution in [0.2, 0.25) is 0 Å². The highest BCUT2D eigenvalue weighted by molar-refractivity contribution is 5.94. The number of nitrogens with zero attached hydrogens (tertiary/aromatic N) is 2. The molecule has 0 radical (unpaired) electrons. The van der Waals surface area contributed by atoms with Gasteiger partial charge in [0.1, 0.15) is 23.4 Å². The number of ketones is 1. The number of carboxylic acid groups (broad SMARTS) is 1. The van der Waals surface area contributed by atoms with Crippen molar-refractivity contribution >= 4 is 23.3 Å². The number of aromatic nitrogens is 1. The van der Waals surface area contributed by atoms with Crippen molar-refractivity contribution in [2.75, 3.05) is 18.0 Å². The van der Waals surface area contributed by atoms with E-state index in [0.29, 0.717) is 49.4 Å². The maximum Gasteiger partial charge on any atom is 0.326 e. The molecule has 1 aliphatic heterocycles. The van der Waals surface area contributed by atoms with Crippen molar-refractivity contribution in [3.05, 3.63) is 107 Å². The summed E-state index contributed by atoms with van der Waals surface area (Å²) in [4.78, 5) is 43.8. The number of furan rings is 1. The van der Waals surface area contributed by atoms with Crippen LogP contribution in [0.4, 0.5) is 10.1 Å². The maximum absolute atomic E-state index is 15.2. The fraction of sp³-hybridized carbons (Fsp3) is 0.294. The first kappa shape index (κ1) is 29.7. The molecular formula is C34H34FN3O5. The summed E-state index contributed by atoms with van der Waals surface area (Å²) in [5, 5.41) is 12.3. The van der Waals surface area contributed by atoms with Crippen molar-refractivity contribution in [1.29, 1.82) is 0 Å². The van der Waals surface area contributed by atoms with Crippen LogP contribution in [0.1, 0.15) is 45.8 Å². The van der Waals surface area contributed by atoms with Gasteiger partial charge in [-0.05, 0) is 74.2 Å². The van der Waals surface area contributed by atoms with Crippen LogP contribution in [0.5, 0.6) is 0 Å². The number of carboxylic acids is 1. The fourth-order valence-corrected chi connectivity index (χ4v) is 5.39. The third-order valence-corrected chi connectivity index (χ3v) is 7.84. The molecule has 1 atom stereocenters. The van der Waals surface area contributed by atoms with E-state index in [-0.39, 0.29) is 23.9 Å². The quantitative estimate of drug-likeness (QED) is 0.252. The molecule has 43 heavy (non-hydrogen) atoms. The Hall–Kier alpha value is -4.79. The Balaban J connectivity index is 1.17. The number of halogens is 1. The first-order chi connectivity index (χ1) is 20.7. The Morgan fingerprint density at radius 3 is 2.42 bits per heavy atom. The zero-order chi connectivity index (χ0) is 30.5. The van der Waals surface area contributed by atoms with Crippen LogP contribution in [-0.2, 0) is 22.4 Å². The predicted molar refractivity (Wildman–Crippen MR) is 160 cm³/mol. The van der Waals surface area contributed by atoms with E-state index in [1.54, 1.807) is 24.4 Å². The molecular weight excluding hydrogens is 549 g/mol. The summed E-state index contributed by atoms with van der Waals surface area (Å²) in [5.74, 6) is -1.85. The van der Waals surface area contributed by atoms with Gasteiger partial charge in [0.25, 0.3) is 5.91 Å². The lowest BCUT2D eigenvalue weighted by atomic mass is 9.89. The number of rotatable bonds is 10. The zero-order valence-electron chi connectivity index (χ0n) is 24.2. The Labute approximate surface area is 249 Å². The van der Waals surface area contributed by atoms with Gasteiger partial charge in [0, 0.05) is 49.3 Å². The molecule has 2 N–H and O–H groups in total. The number of carbonyl (C=O) groups is 3. The molecule has 0 aliphatic carbocycles. The van der Waals surface area contributed by atoms with Gasteiger partial charge in [0.2, 0.25) is 0 Å². The summed E-state index contributed by atoms with van der Waals surface area (Å²) in [6, 6.07) is 17.9. The summed E-state index contributed by atoms with van der Waals surface area (Å²) in [5.41, 5.74) is 4.56. The zero-order valence-corrected chi connectivity index (χ0v) is 24.2. The molecule has 1 saturated heterocycles. The third-order valence-electron chi connectivity index (χ3n) is 7.84. The number of aliphatic carboxylic acids is 1. The van der Waals surface area contributed by atoms with Crippen LogP contribution in [0.3, 0.4) is 0 Å². The second kappa shape index (κ2) is 13.0. The molecule has 2 aromatic heterocycles. The number of amides is 1. The van der Waals surface area contributed by atoms with Crippen LogP contribution in [0, 0.1) is 25.6 Å². The number of benzene rings is 2. The van der Waals surface area contributed by atoms with Crippen LogP contribution >= 0.6 is 0 Å². The average Bonchev–Trinajstić information content (AvgIpc) is 3.48. The maximum atomic E-state index is 15.2. The molecule has 3 heterocycles. The number of hydrogen-bond acceptors (Lipinski definition) is 6. The number of pyridine rings is 1. The van der Waals surface area contributed by atoms with Crippen molar-refractivity contribution < 1.29 is 28.3 Å². The van der Waals surface area contributed by atoms with Crippen molar-refractivity contribution in [2.24, 2.45) is 5.92 Å². The Kier molecular flexibility index (Phi) is 8.99. The molecule has 0 bridgehead atoms. The molecule has 8 nitrogen and oxygen atoms in total.